The van der Waals surface area contributed by atoms with Crippen molar-refractivity contribution in [1.29, 1.82) is 0 Å². The van der Waals surface area contributed by atoms with Crippen LogP contribution in [0.5, 0.6) is 0 Å². The van der Waals surface area contributed by atoms with E-state index >= 15 is 0 Å². The number of carbonyl (C=O) groups is 1. The van der Waals surface area contributed by atoms with Crippen LogP contribution >= 0.6 is 0 Å². The molecule has 5 nitrogen and oxygen atoms in total. The molecule has 1 fully saturated rings. The van der Waals surface area contributed by atoms with Crippen molar-refractivity contribution in [2.24, 2.45) is 11.7 Å². The van der Waals surface area contributed by atoms with Gasteiger partial charge in [-0.2, -0.15) is 0 Å². The third-order valence-electron chi connectivity index (χ3n) is 3.40. The van der Waals surface area contributed by atoms with Gasteiger partial charge in [-0.15, -0.1) is 0 Å². The van der Waals surface area contributed by atoms with Gasteiger partial charge >= 0.3 is 0 Å². The van der Waals surface area contributed by atoms with Crippen molar-refractivity contribution < 1.29 is 4.79 Å². The van der Waals surface area contributed by atoms with Crippen molar-refractivity contribution >= 4 is 11.7 Å². The predicted octanol–water partition coefficient (Wildman–Crippen LogP) is 1.45. The first-order chi connectivity index (χ1) is 8.08. The number of aromatic nitrogens is 2. The number of carbonyl (C=O) groups excluding carboxylic acids is 1. The van der Waals surface area contributed by atoms with Crippen LogP contribution in [-0.4, -0.2) is 15.9 Å². The Morgan fingerprint density at radius 2 is 2.24 bits per heavy atom. The van der Waals surface area contributed by atoms with Crippen molar-refractivity contribution in [2.45, 2.75) is 38.5 Å². The summed E-state index contributed by atoms with van der Waals surface area (Å²) >= 11 is 0. The zero-order chi connectivity index (χ0) is 12.4. The smallest absolute Gasteiger partial charge is 0.254 e. The van der Waals surface area contributed by atoms with Gasteiger partial charge in [0.05, 0.1) is 5.56 Å². The number of nitrogens with two attached hydrogens (primary N) is 2. The van der Waals surface area contributed by atoms with Gasteiger partial charge in [-0.25, -0.2) is 9.97 Å². The molecular weight excluding hydrogens is 216 g/mol. The minimum atomic E-state index is -0.578. The van der Waals surface area contributed by atoms with Gasteiger partial charge in [0.15, 0.2) is 0 Å². The first-order valence-corrected chi connectivity index (χ1v) is 6.00. The number of hydrogen-bond donors (Lipinski definition) is 2. The minimum absolute atomic E-state index is 0.195. The molecule has 2 atom stereocenters. The molecule has 2 unspecified atom stereocenters. The number of hydrogen-bond acceptors (Lipinski definition) is 4. The Labute approximate surface area is 101 Å². The van der Waals surface area contributed by atoms with Crippen LogP contribution < -0.4 is 11.5 Å². The number of nitrogen functional groups attached to an aromatic ring is 1. The summed E-state index contributed by atoms with van der Waals surface area (Å²) in [4.78, 5) is 19.5. The van der Waals surface area contributed by atoms with Crippen LogP contribution in [0.1, 0.15) is 54.7 Å². The molecule has 5 heteroatoms. The number of amides is 1. The number of nitrogens with zero attached hydrogens (tertiary/aromatic N) is 2. The molecule has 0 spiro atoms. The predicted molar refractivity (Wildman–Crippen MR) is 65.3 cm³/mol. The van der Waals surface area contributed by atoms with Crippen LogP contribution in [0, 0.1) is 5.92 Å². The second-order valence-corrected chi connectivity index (χ2v) is 4.86. The molecule has 1 aromatic heterocycles. The van der Waals surface area contributed by atoms with Gasteiger partial charge < -0.3 is 11.5 Å². The first-order valence-electron chi connectivity index (χ1n) is 6.00. The van der Waals surface area contributed by atoms with E-state index in [1.54, 1.807) is 0 Å². The molecule has 0 saturated heterocycles. The van der Waals surface area contributed by atoms with Gasteiger partial charge in [-0.3, -0.25) is 4.79 Å². The SMILES string of the molecule is CC1CCCC(c2ncc(C(N)=O)c(N)n2)C1. The van der Waals surface area contributed by atoms with E-state index in [4.69, 9.17) is 11.5 Å². The van der Waals surface area contributed by atoms with Gasteiger partial charge in [0.2, 0.25) is 0 Å². The molecule has 0 bridgehead atoms. The maximum atomic E-state index is 11.0. The molecule has 1 aliphatic carbocycles. The maximum absolute atomic E-state index is 11.0. The molecule has 1 heterocycles. The summed E-state index contributed by atoms with van der Waals surface area (Å²) in [5.74, 6) is 1.43. The van der Waals surface area contributed by atoms with E-state index in [1.165, 1.54) is 19.0 Å². The summed E-state index contributed by atoms with van der Waals surface area (Å²) < 4.78 is 0. The third kappa shape index (κ3) is 2.54. The summed E-state index contributed by atoms with van der Waals surface area (Å²) in [5.41, 5.74) is 11.1. The molecule has 17 heavy (non-hydrogen) atoms. The van der Waals surface area contributed by atoms with Crippen molar-refractivity contribution in [3.05, 3.63) is 17.6 Å². The van der Waals surface area contributed by atoms with Crippen molar-refractivity contribution in [3.63, 3.8) is 0 Å². The zero-order valence-electron chi connectivity index (χ0n) is 10.0. The number of primary amides is 1. The van der Waals surface area contributed by atoms with E-state index in [1.807, 2.05) is 0 Å². The Kier molecular flexibility index (Phi) is 3.26. The summed E-state index contributed by atoms with van der Waals surface area (Å²) in [6.07, 6.45) is 6.10. The highest BCUT2D eigenvalue weighted by molar-refractivity contribution is 5.96. The summed E-state index contributed by atoms with van der Waals surface area (Å²) in [6.45, 7) is 2.24. The van der Waals surface area contributed by atoms with Crippen LogP contribution in [0.4, 0.5) is 5.82 Å². The number of anilines is 1. The van der Waals surface area contributed by atoms with Crippen molar-refractivity contribution in [2.75, 3.05) is 5.73 Å². The Bertz CT molecular complexity index is 433. The minimum Gasteiger partial charge on any atom is -0.383 e. The largest absolute Gasteiger partial charge is 0.383 e. The fraction of sp³-hybridized carbons (Fsp3) is 0.583. The molecule has 0 aromatic carbocycles. The average Bonchev–Trinajstić information content (AvgIpc) is 2.28. The highest BCUT2D eigenvalue weighted by Crippen LogP contribution is 2.34. The second-order valence-electron chi connectivity index (χ2n) is 4.86. The van der Waals surface area contributed by atoms with Crippen LogP contribution in [0.3, 0.4) is 0 Å². The molecule has 2 rings (SSSR count). The highest BCUT2D eigenvalue weighted by atomic mass is 16.1. The normalized spacial score (nSPS) is 24.5. The third-order valence-corrected chi connectivity index (χ3v) is 3.40. The van der Waals surface area contributed by atoms with Crippen LogP contribution in [0.25, 0.3) is 0 Å². The summed E-state index contributed by atoms with van der Waals surface area (Å²) in [5, 5.41) is 0. The van der Waals surface area contributed by atoms with Crippen LogP contribution in [0.2, 0.25) is 0 Å². The van der Waals surface area contributed by atoms with Gasteiger partial charge in [-0.1, -0.05) is 19.8 Å². The lowest BCUT2D eigenvalue weighted by Crippen LogP contribution is -2.19. The molecule has 1 aromatic rings. The van der Waals surface area contributed by atoms with Crippen molar-refractivity contribution in [1.82, 2.24) is 9.97 Å². The molecule has 1 amide bonds. The molecule has 0 aliphatic heterocycles. The first kappa shape index (κ1) is 11.8. The van der Waals surface area contributed by atoms with E-state index < -0.39 is 5.91 Å². The Balaban J connectivity index is 2.22. The molecule has 4 N–H and O–H groups in total. The van der Waals surface area contributed by atoms with Gasteiger partial charge in [0.25, 0.3) is 5.91 Å². The van der Waals surface area contributed by atoms with Gasteiger partial charge in [0.1, 0.15) is 11.6 Å². The van der Waals surface area contributed by atoms with Gasteiger partial charge in [0, 0.05) is 12.1 Å². The van der Waals surface area contributed by atoms with E-state index in [2.05, 4.69) is 16.9 Å². The quantitative estimate of drug-likeness (QED) is 0.809. The fourth-order valence-electron chi connectivity index (χ4n) is 2.46. The topological polar surface area (TPSA) is 94.9 Å². The average molecular weight is 234 g/mol. The Morgan fingerprint density at radius 3 is 2.82 bits per heavy atom. The highest BCUT2D eigenvalue weighted by Gasteiger charge is 2.23. The lowest BCUT2D eigenvalue weighted by Gasteiger charge is -2.25. The maximum Gasteiger partial charge on any atom is 0.254 e. The lowest BCUT2D eigenvalue weighted by atomic mass is 9.82. The Morgan fingerprint density at radius 1 is 1.47 bits per heavy atom. The Hall–Kier alpha value is -1.65. The summed E-state index contributed by atoms with van der Waals surface area (Å²) in [7, 11) is 0. The van der Waals surface area contributed by atoms with Crippen LogP contribution in [-0.2, 0) is 0 Å². The fourth-order valence-corrected chi connectivity index (χ4v) is 2.46. The lowest BCUT2D eigenvalue weighted by molar-refractivity contribution is 0.100. The molecule has 0 radical (unpaired) electrons. The molecule has 92 valence electrons. The van der Waals surface area contributed by atoms with Crippen LogP contribution in [0.15, 0.2) is 6.20 Å². The van der Waals surface area contributed by atoms with E-state index in [-0.39, 0.29) is 11.4 Å². The molecular formula is C12H18N4O. The second kappa shape index (κ2) is 4.69. The van der Waals surface area contributed by atoms with E-state index in [0.29, 0.717) is 11.8 Å². The van der Waals surface area contributed by atoms with E-state index in [9.17, 15) is 4.79 Å². The zero-order valence-corrected chi connectivity index (χ0v) is 10.0. The van der Waals surface area contributed by atoms with E-state index in [0.717, 1.165) is 18.7 Å². The number of rotatable bonds is 2. The van der Waals surface area contributed by atoms with Crippen molar-refractivity contribution in [3.8, 4) is 0 Å². The monoisotopic (exact) mass is 234 g/mol. The molecule has 1 saturated carbocycles. The summed E-state index contributed by atoms with van der Waals surface area (Å²) in [6, 6.07) is 0. The standard InChI is InChI=1S/C12H18N4O/c1-7-3-2-4-8(5-7)12-15-6-9(11(14)17)10(13)16-12/h6-8H,2-5H2,1H3,(H2,14,17)(H2,13,15,16). The molecule has 1 aliphatic rings. The van der Waals surface area contributed by atoms with Gasteiger partial charge in [-0.05, 0) is 18.8 Å².